The summed E-state index contributed by atoms with van der Waals surface area (Å²) in [4.78, 5) is 25.2. The van der Waals surface area contributed by atoms with Gasteiger partial charge >= 0.3 is 0 Å². The van der Waals surface area contributed by atoms with E-state index in [0.717, 1.165) is 0 Å². The average molecular weight is 470 g/mol. The van der Waals surface area contributed by atoms with Gasteiger partial charge in [0, 0.05) is 23.4 Å². The Kier molecular flexibility index (Phi) is 8.21. The second kappa shape index (κ2) is 11.1. The van der Waals surface area contributed by atoms with Crippen molar-refractivity contribution in [2.24, 2.45) is 5.92 Å². The van der Waals surface area contributed by atoms with Crippen LogP contribution in [0.5, 0.6) is 0 Å². The van der Waals surface area contributed by atoms with Gasteiger partial charge in [0.05, 0.1) is 11.8 Å². The number of nitrogens with zero attached hydrogens (tertiary/aromatic N) is 3. The van der Waals surface area contributed by atoms with E-state index in [0.29, 0.717) is 34.3 Å². The highest BCUT2D eigenvalue weighted by molar-refractivity contribution is 7.99. The van der Waals surface area contributed by atoms with Gasteiger partial charge in [-0.1, -0.05) is 49.9 Å². The number of carbonyl (C=O) groups excluding carboxylic acids is 2. The monoisotopic (exact) mass is 469 g/mol. The van der Waals surface area contributed by atoms with Gasteiger partial charge in [-0.25, -0.2) is 4.39 Å². The number of hydrogen-bond donors (Lipinski definition) is 2. The number of halogens is 1. The Morgan fingerprint density at radius 2 is 1.82 bits per heavy atom. The van der Waals surface area contributed by atoms with E-state index in [4.69, 9.17) is 0 Å². The van der Waals surface area contributed by atoms with E-state index in [2.05, 4.69) is 20.8 Å². The third-order valence-electron chi connectivity index (χ3n) is 5.20. The summed E-state index contributed by atoms with van der Waals surface area (Å²) in [5.74, 6) is -0.00714. The minimum absolute atomic E-state index is 0.0734. The fraction of sp³-hybridized carbons (Fsp3) is 0.333. The average Bonchev–Trinajstić information content (AvgIpc) is 3.21. The molecule has 0 bridgehead atoms. The van der Waals surface area contributed by atoms with E-state index >= 15 is 0 Å². The molecule has 0 saturated heterocycles. The molecule has 0 radical (unpaired) electrons. The van der Waals surface area contributed by atoms with Crippen LogP contribution < -0.4 is 10.6 Å². The Balaban J connectivity index is 1.71. The van der Waals surface area contributed by atoms with Gasteiger partial charge in [-0.3, -0.25) is 9.59 Å². The van der Waals surface area contributed by atoms with Gasteiger partial charge in [0.25, 0.3) is 5.91 Å². The summed E-state index contributed by atoms with van der Waals surface area (Å²) in [7, 11) is 0. The number of hydrogen-bond acceptors (Lipinski definition) is 5. The van der Waals surface area contributed by atoms with Gasteiger partial charge < -0.3 is 15.2 Å². The first-order valence-electron chi connectivity index (χ1n) is 10.8. The first-order valence-corrected chi connectivity index (χ1v) is 11.8. The van der Waals surface area contributed by atoms with Crippen molar-refractivity contribution in [3.8, 4) is 0 Å². The van der Waals surface area contributed by atoms with E-state index in [1.165, 1.54) is 17.8 Å². The number of aromatic nitrogens is 3. The fourth-order valence-corrected chi connectivity index (χ4v) is 4.15. The van der Waals surface area contributed by atoms with Crippen molar-refractivity contribution in [2.45, 2.75) is 45.4 Å². The van der Waals surface area contributed by atoms with Gasteiger partial charge in [0.15, 0.2) is 11.0 Å². The molecule has 3 aromatic rings. The Labute approximate surface area is 197 Å². The number of thioether (sulfide) groups is 1. The largest absolute Gasteiger partial charge is 0.342 e. The highest BCUT2D eigenvalue weighted by Gasteiger charge is 2.26. The Hall–Kier alpha value is -3.20. The maximum Gasteiger partial charge on any atom is 0.251 e. The smallest absolute Gasteiger partial charge is 0.251 e. The quantitative estimate of drug-likeness (QED) is 0.447. The van der Waals surface area contributed by atoms with Gasteiger partial charge in [0.2, 0.25) is 5.91 Å². The molecule has 0 saturated carbocycles. The van der Waals surface area contributed by atoms with Gasteiger partial charge in [0.1, 0.15) is 5.82 Å². The molecule has 1 heterocycles. The van der Waals surface area contributed by atoms with Crippen molar-refractivity contribution in [1.29, 1.82) is 0 Å². The summed E-state index contributed by atoms with van der Waals surface area (Å²) in [5.41, 5.74) is 1.41. The number of nitrogens with one attached hydrogen (secondary N) is 2. The molecular formula is C24H28FN5O2S. The molecule has 174 valence electrons. The number of benzene rings is 2. The highest BCUT2D eigenvalue weighted by Crippen LogP contribution is 2.26. The zero-order valence-electron chi connectivity index (χ0n) is 19.1. The first kappa shape index (κ1) is 24.4. The third kappa shape index (κ3) is 5.98. The van der Waals surface area contributed by atoms with E-state index < -0.39 is 0 Å². The molecule has 0 fully saturated rings. The van der Waals surface area contributed by atoms with Crippen LogP contribution >= 0.6 is 11.8 Å². The summed E-state index contributed by atoms with van der Waals surface area (Å²) in [6.45, 7) is 8.18. The van der Waals surface area contributed by atoms with Gasteiger partial charge in [-0.15, -0.1) is 10.2 Å². The van der Waals surface area contributed by atoms with Crippen molar-refractivity contribution in [3.63, 3.8) is 0 Å². The molecule has 1 atom stereocenters. The SMILES string of the molecule is CCn1c(SCC(=O)Nc2cccc(F)c2C)nnc1[C@@H](NC(=O)c1ccccc1)C(C)C. The molecule has 3 rings (SSSR count). The summed E-state index contributed by atoms with van der Waals surface area (Å²) < 4.78 is 15.6. The predicted octanol–water partition coefficient (Wildman–Crippen LogP) is 4.60. The zero-order valence-corrected chi connectivity index (χ0v) is 19.9. The molecule has 2 N–H and O–H groups in total. The summed E-state index contributed by atoms with van der Waals surface area (Å²) in [6.07, 6.45) is 0. The van der Waals surface area contributed by atoms with Crippen LogP contribution in [0.25, 0.3) is 0 Å². The van der Waals surface area contributed by atoms with Crippen LogP contribution in [0.3, 0.4) is 0 Å². The summed E-state index contributed by atoms with van der Waals surface area (Å²) in [6, 6.07) is 13.2. The molecule has 7 nitrogen and oxygen atoms in total. The lowest BCUT2D eigenvalue weighted by atomic mass is 10.0. The molecular weight excluding hydrogens is 441 g/mol. The fourth-order valence-electron chi connectivity index (χ4n) is 3.34. The maximum atomic E-state index is 13.7. The number of rotatable bonds is 9. The van der Waals surface area contributed by atoms with Crippen molar-refractivity contribution in [1.82, 2.24) is 20.1 Å². The Morgan fingerprint density at radius 3 is 2.48 bits per heavy atom. The summed E-state index contributed by atoms with van der Waals surface area (Å²) in [5, 5.41) is 15.0. The highest BCUT2D eigenvalue weighted by atomic mass is 32.2. The standard InChI is InChI=1S/C24H28FN5O2S/c1-5-30-22(21(15(2)3)27-23(32)17-10-7-6-8-11-17)28-29-24(30)33-14-20(31)26-19-13-9-12-18(25)16(19)4/h6-13,15,21H,5,14H2,1-4H3,(H,26,31)(H,27,32)/t21-/m0/s1. The number of anilines is 1. The third-order valence-corrected chi connectivity index (χ3v) is 6.17. The molecule has 33 heavy (non-hydrogen) atoms. The molecule has 0 aliphatic carbocycles. The molecule has 9 heteroatoms. The molecule has 2 amide bonds. The van der Waals surface area contributed by atoms with Crippen LogP contribution in [0.1, 0.15) is 48.6 Å². The van der Waals surface area contributed by atoms with E-state index in [9.17, 15) is 14.0 Å². The van der Waals surface area contributed by atoms with Crippen LogP contribution in [0.15, 0.2) is 53.7 Å². The van der Waals surface area contributed by atoms with Crippen molar-refractivity contribution in [3.05, 3.63) is 71.3 Å². The number of carbonyl (C=O) groups is 2. The van der Waals surface area contributed by atoms with Gasteiger partial charge in [-0.05, 0) is 44.0 Å². The number of amides is 2. The van der Waals surface area contributed by atoms with Crippen molar-refractivity contribution in [2.75, 3.05) is 11.1 Å². The second-order valence-corrected chi connectivity index (χ2v) is 8.84. The van der Waals surface area contributed by atoms with E-state index in [1.807, 2.05) is 43.5 Å². The zero-order chi connectivity index (χ0) is 24.0. The van der Waals surface area contributed by atoms with Crippen LogP contribution in [0, 0.1) is 18.7 Å². The van der Waals surface area contributed by atoms with Crippen LogP contribution in [-0.4, -0.2) is 32.3 Å². The van der Waals surface area contributed by atoms with E-state index in [1.54, 1.807) is 31.2 Å². The maximum absolute atomic E-state index is 13.7. The lowest BCUT2D eigenvalue weighted by Gasteiger charge is -2.22. The normalized spacial score (nSPS) is 11.9. The Bertz CT molecular complexity index is 1120. The van der Waals surface area contributed by atoms with Crippen LogP contribution in [-0.2, 0) is 11.3 Å². The summed E-state index contributed by atoms with van der Waals surface area (Å²) >= 11 is 1.25. The Morgan fingerprint density at radius 1 is 1.09 bits per heavy atom. The topological polar surface area (TPSA) is 88.9 Å². The second-order valence-electron chi connectivity index (χ2n) is 7.90. The minimum atomic E-state index is -0.368. The lowest BCUT2D eigenvalue weighted by Crippen LogP contribution is -2.33. The van der Waals surface area contributed by atoms with Gasteiger partial charge in [-0.2, -0.15) is 0 Å². The molecule has 0 unspecified atom stereocenters. The van der Waals surface area contributed by atoms with Crippen LogP contribution in [0.2, 0.25) is 0 Å². The lowest BCUT2D eigenvalue weighted by molar-refractivity contribution is -0.113. The first-order chi connectivity index (χ1) is 15.8. The van der Waals surface area contributed by atoms with E-state index in [-0.39, 0.29) is 35.3 Å². The molecule has 1 aromatic heterocycles. The molecule has 0 aliphatic rings. The predicted molar refractivity (Wildman–Crippen MR) is 128 cm³/mol. The molecule has 0 spiro atoms. The molecule has 2 aromatic carbocycles. The van der Waals surface area contributed by atoms with Crippen LogP contribution in [0.4, 0.5) is 10.1 Å². The van der Waals surface area contributed by atoms with Crippen molar-refractivity contribution >= 4 is 29.3 Å². The molecule has 0 aliphatic heterocycles. The minimum Gasteiger partial charge on any atom is -0.342 e. The van der Waals surface area contributed by atoms with Crippen molar-refractivity contribution < 1.29 is 14.0 Å².